The van der Waals surface area contributed by atoms with Crippen molar-refractivity contribution in [2.24, 2.45) is 0 Å². The molecule has 0 aliphatic rings. The second kappa shape index (κ2) is 7.25. The van der Waals surface area contributed by atoms with Crippen molar-refractivity contribution in [1.29, 1.82) is 0 Å². The van der Waals surface area contributed by atoms with E-state index in [1.165, 1.54) is 12.4 Å². The second-order valence-electron chi connectivity index (χ2n) is 3.93. The van der Waals surface area contributed by atoms with Crippen LogP contribution in [0.1, 0.15) is 18.4 Å². The lowest BCUT2D eigenvalue weighted by Gasteiger charge is -2.05. The smallest absolute Gasteiger partial charge is 0.411 e. The van der Waals surface area contributed by atoms with Crippen molar-refractivity contribution in [2.45, 2.75) is 12.8 Å². The van der Waals surface area contributed by atoms with Crippen LogP contribution in [0.5, 0.6) is 0 Å². The number of carbonyl (C=O) groups is 1. The molecule has 0 fully saturated rings. The van der Waals surface area contributed by atoms with Gasteiger partial charge in [-0.05, 0) is 27.1 Å². The first kappa shape index (κ1) is 13.9. The average molecular weight is 248 g/mol. The van der Waals surface area contributed by atoms with Crippen LogP contribution in [-0.4, -0.2) is 46.7 Å². The van der Waals surface area contributed by atoms with Crippen LogP contribution >= 0.6 is 0 Å². The molecule has 0 aliphatic heterocycles. The Hall–Kier alpha value is -2.13. The number of unbranched alkanes of at least 4 members (excludes halogenated alkanes) is 1. The van der Waals surface area contributed by atoms with Gasteiger partial charge in [0.15, 0.2) is 0 Å². The molecule has 1 heterocycles. The molecule has 0 bridgehead atoms. The molecular formula is C12H16N4O2. The zero-order valence-corrected chi connectivity index (χ0v) is 10.5. The molecule has 1 rings (SSSR count). The van der Waals surface area contributed by atoms with Crippen molar-refractivity contribution in [3.05, 3.63) is 18.0 Å². The van der Waals surface area contributed by atoms with Gasteiger partial charge in [0.25, 0.3) is 0 Å². The van der Waals surface area contributed by atoms with Gasteiger partial charge in [-0.1, -0.05) is 11.8 Å². The fraction of sp³-hybridized carbons (Fsp3) is 0.417. The molecule has 0 spiro atoms. The number of nitrogens with one attached hydrogen (secondary N) is 1. The van der Waals surface area contributed by atoms with E-state index in [1.807, 2.05) is 14.1 Å². The van der Waals surface area contributed by atoms with Gasteiger partial charge in [0, 0.05) is 18.8 Å². The Morgan fingerprint density at radius 3 is 2.67 bits per heavy atom. The highest BCUT2D eigenvalue weighted by atomic mass is 16.4. The van der Waals surface area contributed by atoms with E-state index in [0.717, 1.165) is 19.4 Å². The van der Waals surface area contributed by atoms with Gasteiger partial charge in [-0.2, -0.15) is 0 Å². The van der Waals surface area contributed by atoms with Gasteiger partial charge in [0.05, 0.1) is 5.56 Å². The first-order valence-electron chi connectivity index (χ1n) is 5.53. The van der Waals surface area contributed by atoms with Crippen LogP contribution in [0.15, 0.2) is 12.4 Å². The lowest BCUT2D eigenvalue weighted by atomic mass is 10.2. The Labute approximate surface area is 106 Å². The lowest BCUT2D eigenvalue weighted by Crippen LogP contribution is -2.12. The Kier molecular flexibility index (Phi) is 5.61. The number of rotatable bonds is 4. The highest BCUT2D eigenvalue weighted by Crippen LogP contribution is 1.99. The van der Waals surface area contributed by atoms with E-state index in [0.29, 0.717) is 5.56 Å². The van der Waals surface area contributed by atoms with Crippen LogP contribution in [0.2, 0.25) is 0 Å². The SMILES string of the molecule is CN(C)CCCC#Cc1cnc(NC(=O)O)nc1. The van der Waals surface area contributed by atoms with Gasteiger partial charge in [0.1, 0.15) is 0 Å². The molecule has 18 heavy (non-hydrogen) atoms. The van der Waals surface area contributed by atoms with Gasteiger partial charge < -0.3 is 10.0 Å². The fourth-order valence-corrected chi connectivity index (χ4v) is 1.20. The minimum absolute atomic E-state index is 0.0562. The Bertz CT molecular complexity index is 445. The number of aromatic nitrogens is 2. The molecule has 0 unspecified atom stereocenters. The van der Waals surface area contributed by atoms with Crippen LogP contribution in [0, 0.1) is 11.8 Å². The normalized spacial score (nSPS) is 9.72. The van der Waals surface area contributed by atoms with Gasteiger partial charge >= 0.3 is 6.09 Å². The van der Waals surface area contributed by atoms with E-state index >= 15 is 0 Å². The Balaban J connectivity index is 2.43. The first-order chi connectivity index (χ1) is 8.58. The van der Waals surface area contributed by atoms with E-state index < -0.39 is 6.09 Å². The van der Waals surface area contributed by atoms with Crippen molar-refractivity contribution in [2.75, 3.05) is 26.0 Å². The summed E-state index contributed by atoms with van der Waals surface area (Å²) in [5.74, 6) is 6.01. The molecule has 1 aromatic rings. The van der Waals surface area contributed by atoms with Crippen LogP contribution in [-0.2, 0) is 0 Å². The minimum Gasteiger partial charge on any atom is -0.465 e. The highest BCUT2D eigenvalue weighted by Gasteiger charge is 1.99. The quantitative estimate of drug-likeness (QED) is 0.619. The van der Waals surface area contributed by atoms with Gasteiger partial charge in [0.2, 0.25) is 5.95 Å². The number of hydrogen-bond acceptors (Lipinski definition) is 4. The largest absolute Gasteiger partial charge is 0.465 e. The van der Waals surface area contributed by atoms with E-state index in [1.54, 1.807) is 0 Å². The molecule has 0 saturated heterocycles. The number of carboxylic acid groups (broad SMARTS) is 1. The molecular weight excluding hydrogens is 232 g/mol. The van der Waals surface area contributed by atoms with Crippen molar-refractivity contribution in [3.8, 4) is 11.8 Å². The van der Waals surface area contributed by atoms with Crippen molar-refractivity contribution >= 4 is 12.0 Å². The second-order valence-corrected chi connectivity index (χ2v) is 3.93. The third-order valence-corrected chi connectivity index (χ3v) is 2.01. The summed E-state index contributed by atoms with van der Waals surface area (Å²) in [4.78, 5) is 20.1. The number of amides is 1. The lowest BCUT2D eigenvalue weighted by molar-refractivity contribution is 0.209. The summed E-state index contributed by atoms with van der Waals surface area (Å²) in [5, 5.41) is 10.5. The van der Waals surface area contributed by atoms with Crippen LogP contribution in [0.3, 0.4) is 0 Å². The average Bonchev–Trinajstić information content (AvgIpc) is 2.30. The van der Waals surface area contributed by atoms with E-state index in [9.17, 15) is 4.79 Å². The Morgan fingerprint density at radius 1 is 1.44 bits per heavy atom. The predicted molar refractivity (Wildman–Crippen MR) is 68.3 cm³/mol. The van der Waals surface area contributed by atoms with E-state index in [4.69, 9.17) is 5.11 Å². The molecule has 6 heteroatoms. The molecule has 0 aliphatic carbocycles. The molecule has 0 aromatic carbocycles. The molecule has 0 radical (unpaired) electrons. The zero-order valence-electron chi connectivity index (χ0n) is 10.5. The number of anilines is 1. The van der Waals surface area contributed by atoms with E-state index in [-0.39, 0.29) is 5.95 Å². The maximum atomic E-state index is 10.3. The first-order valence-corrected chi connectivity index (χ1v) is 5.53. The van der Waals surface area contributed by atoms with Crippen LogP contribution in [0.25, 0.3) is 0 Å². The monoisotopic (exact) mass is 248 g/mol. The number of hydrogen-bond donors (Lipinski definition) is 2. The summed E-state index contributed by atoms with van der Waals surface area (Å²) in [5.41, 5.74) is 0.677. The van der Waals surface area contributed by atoms with Crippen molar-refractivity contribution in [3.63, 3.8) is 0 Å². The molecule has 1 aromatic heterocycles. The molecule has 96 valence electrons. The summed E-state index contributed by atoms with van der Waals surface area (Å²) < 4.78 is 0. The van der Waals surface area contributed by atoms with Gasteiger partial charge in [-0.25, -0.2) is 14.8 Å². The molecule has 0 atom stereocenters. The number of nitrogens with zero attached hydrogens (tertiary/aromatic N) is 3. The van der Waals surface area contributed by atoms with Gasteiger partial charge in [-0.3, -0.25) is 5.32 Å². The molecule has 0 saturated carbocycles. The molecule has 2 N–H and O–H groups in total. The summed E-state index contributed by atoms with van der Waals surface area (Å²) in [6.45, 7) is 1.01. The predicted octanol–water partition coefficient (Wildman–Crippen LogP) is 1.26. The van der Waals surface area contributed by atoms with Gasteiger partial charge in [-0.15, -0.1) is 0 Å². The fourth-order valence-electron chi connectivity index (χ4n) is 1.20. The van der Waals surface area contributed by atoms with Crippen molar-refractivity contribution in [1.82, 2.24) is 14.9 Å². The standard InChI is InChI=1S/C12H16N4O2/c1-16(2)7-5-3-4-6-10-8-13-11(14-9-10)15-12(17)18/h8-9H,3,5,7H2,1-2H3,(H,17,18)(H,13,14,15). The van der Waals surface area contributed by atoms with Crippen molar-refractivity contribution < 1.29 is 9.90 Å². The minimum atomic E-state index is -1.18. The maximum absolute atomic E-state index is 10.3. The summed E-state index contributed by atoms with van der Waals surface area (Å²) in [6.07, 6.45) is 3.64. The van der Waals surface area contributed by atoms with Crippen LogP contribution < -0.4 is 5.32 Å². The summed E-state index contributed by atoms with van der Waals surface area (Å²) in [7, 11) is 4.05. The Morgan fingerprint density at radius 2 is 2.11 bits per heavy atom. The van der Waals surface area contributed by atoms with Crippen LogP contribution in [0.4, 0.5) is 10.7 Å². The molecule has 6 nitrogen and oxygen atoms in total. The zero-order chi connectivity index (χ0) is 13.4. The summed E-state index contributed by atoms with van der Waals surface area (Å²) in [6, 6.07) is 0. The summed E-state index contributed by atoms with van der Waals surface area (Å²) >= 11 is 0. The maximum Gasteiger partial charge on any atom is 0.411 e. The third-order valence-electron chi connectivity index (χ3n) is 2.01. The molecule has 1 amide bonds. The highest BCUT2D eigenvalue weighted by molar-refractivity contribution is 5.80. The third kappa shape index (κ3) is 5.82. The topological polar surface area (TPSA) is 78.4 Å². The van der Waals surface area contributed by atoms with E-state index in [2.05, 4.69) is 32.0 Å².